The van der Waals surface area contributed by atoms with Gasteiger partial charge in [-0.15, -0.1) is 0 Å². The first kappa shape index (κ1) is 45.7. The number of furan rings is 1. The van der Waals surface area contributed by atoms with Crippen LogP contribution >= 0.6 is 11.6 Å². The number of carbonyl (C=O) groups excluding carboxylic acids is 3. The molecule has 1 amide bonds. The quantitative estimate of drug-likeness (QED) is 0.118. The number of hydrogen-bond donors (Lipinski definition) is 2. The van der Waals surface area contributed by atoms with Crippen molar-refractivity contribution in [2.45, 2.75) is 99.1 Å². The summed E-state index contributed by atoms with van der Waals surface area (Å²) < 4.78 is 24.0. The number of aryl methyl sites for hydroxylation is 1. The topological polar surface area (TPSA) is 207 Å². The smallest absolute Gasteiger partial charge is 0.435 e. The van der Waals surface area contributed by atoms with Gasteiger partial charge in [-0.1, -0.05) is 24.3 Å². The summed E-state index contributed by atoms with van der Waals surface area (Å²) in [6, 6.07) is 17.0. The molecule has 0 radical (unpaired) electrons. The molecule has 0 saturated carbocycles. The number of carbonyl (C=O) groups is 3. The Balaban J connectivity index is 0.000000198. The van der Waals surface area contributed by atoms with Crippen LogP contribution < -0.4 is 10.6 Å². The van der Waals surface area contributed by atoms with Crippen LogP contribution in [0.25, 0.3) is 33.4 Å². The molecule has 0 unspecified atom stereocenters. The molecule has 19 heteroatoms. The first-order valence-electron chi connectivity index (χ1n) is 20.6. The van der Waals surface area contributed by atoms with E-state index in [9.17, 15) is 14.4 Å². The summed E-state index contributed by atoms with van der Waals surface area (Å²) in [7, 11) is 0. The molecule has 338 valence electrons. The summed E-state index contributed by atoms with van der Waals surface area (Å²) in [5.74, 6) is 1.76. The SMILES string of the molecule is CC(C)(C)OC(=O)n1cc(-c2ccc(Nc3nc(Cl)nc4ccoc34)cc2)cn1.Cc1nc2c(c(Nc3ccc(-c4cnn(C(=O)OC(C)(C)C)c4)cc3)n1)CN(C(=O)OC(C)(C)C)C2. The number of rotatable bonds is 6. The van der Waals surface area contributed by atoms with Gasteiger partial charge < -0.3 is 29.3 Å². The Morgan fingerprint density at radius 2 is 1.11 bits per heavy atom. The highest BCUT2D eigenvalue weighted by Crippen LogP contribution is 2.32. The van der Waals surface area contributed by atoms with Crippen LogP contribution in [0.1, 0.15) is 79.4 Å². The molecule has 1 aliphatic heterocycles. The van der Waals surface area contributed by atoms with Crippen LogP contribution in [-0.4, -0.2) is 79.5 Å². The molecular weight excluding hydrogens is 854 g/mol. The van der Waals surface area contributed by atoms with Gasteiger partial charge in [0.15, 0.2) is 11.4 Å². The molecule has 2 aromatic carbocycles. The maximum Gasteiger partial charge on any atom is 0.435 e. The van der Waals surface area contributed by atoms with Crippen LogP contribution in [0.3, 0.4) is 0 Å². The monoisotopic (exact) mass is 903 g/mol. The number of anilines is 4. The molecule has 0 atom stereocenters. The molecule has 7 aromatic rings. The Morgan fingerprint density at radius 3 is 1.62 bits per heavy atom. The third-order valence-electron chi connectivity index (χ3n) is 9.11. The van der Waals surface area contributed by atoms with Gasteiger partial charge in [0, 0.05) is 46.5 Å². The summed E-state index contributed by atoms with van der Waals surface area (Å²) in [6.45, 7) is 19.0. The minimum atomic E-state index is -0.597. The van der Waals surface area contributed by atoms with E-state index in [1.807, 2.05) is 118 Å². The molecule has 0 fully saturated rings. The Labute approximate surface area is 380 Å². The average Bonchev–Trinajstić information content (AvgIpc) is 4.04. The molecular formula is C46H50ClN11O7. The van der Waals surface area contributed by atoms with Gasteiger partial charge in [-0.25, -0.2) is 29.3 Å². The lowest BCUT2D eigenvalue weighted by Gasteiger charge is -2.24. The van der Waals surface area contributed by atoms with Crippen molar-refractivity contribution in [2.75, 3.05) is 10.6 Å². The fourth-order valence-corrected chi connectivity index (χ4v) is 6.56. The average molecular weight is 904 g/mol. The summed E-state index contributed by atoms with van der Waals surface area (Å²) in [5, 5.41) is 14.9. The highest BCUT2D eigenvalue weighted by atomic mass is 35.5. The van der Waals surface area contributed by atoms with Gasteiger partial charge in [-0.3, -0.25) is 4.90 Å². The molecule has 6 heterocycles. The molecule has 1 aliphatic rings. The second-order valence-electron chi connectivity index (χ2n) is 18.1. The number of benzene rings is 2. The van der Waals surface area contributed by atoms with Crippen LogP contribution in [0.15, 0.2) is 90.1 Å². The lowest BCUT2D eigenvalue weighted by Crippen LogP contribution is -2.33. The zero-order chi connectivity index (χ0) is 46.8. The first-order chi connectivity index (χ1) is 30.6. The van der Waals surface area contributed by atoms with Crippen molar-refractivity contribution in [3.8, 4) is 22.3 Å². The van der Waals surface area contributed by atoms with E-state index in [4.69, 9.17) is 30.2 Å². The molecule has 0 aliphatic carbocycles. The van der Waals surface area contributed by atoms with Crippen molar-refractivity contribution in [3.63, 3.8) is 0 Å². The summed E-state index contributed by atoms with van der Waals surface area (Å²) in [5.41, 5.74) is 6.08. The number of halogens is 1. The molecule has 0 spiro atoms. The number of ether oxygens (including phenoxy) is 3. The van der Waals surface area contributed by atoms with E-state index in [2.05, 4.69) is 40.8 Å². The van der Waals surface area contributed by atoms with E-state index in [0.717, 1.165) is 44.9 Å². The van der Waals surface area contributed by atoms with Gasteiger partial charge in [0.25, 0.3) is 0 Å². The lowest BCUT2D eigenvalue weighted by atomic mass is 10.1. The van der Waals surface area contributed by atoms with E-state index in [0.29, 0.717) is 41.6 Å². The fourth-order valence-electron chi connectivity index (χ4n) is 6.38. The molecule has 5 aromatic heterocycles. The zero-order valence-electron chi connectivity index (χ0n) is 37.8. The second kappa shape index (κ2) is 18.0. The van der Waals surface area contributed by atoms with Gasteiger partial charge in [0.05, 0.1) is 37.4 Å². The Hall–Kier alpha value is -7.34. The number of amides is 1. The first-order valence-corrected chi connectivity index (χ1v) is 21.0. The van der Waals surface area contributed by atoms with E-state index < -0.39 is 29.0 Å². The van der Waals surface area contributed by atoms with Crippen molar-refractivity contribution in [2.24, 2.45) is 0 Å². The molecule has 65 heavy (non-hydrogen) atoms. The third-order valence-corrected chi connectivity index (χ3v) is 9.28. The number of nitrogens with zero attached hydrogens (tertiary/aromatic N) is 9. The van der Waals surface area contributed by atoms with Crippen molar-refractivity contribution < 1.29 is 33.0 Å². The molecule has 2 N–H and O–H groups in total. The Kier molecular flexibility index (Phi) is 12.7. The van der Waals surface area contributed by atoms with Crippen LogP contribution in [0.4, 0.5) is 37.4 Å². The molecule has 8 rings (SSSR count). The molecule has 18 nitrogen and oxygen atoms in total. The van der Waals surface area contributed by atoms with Gasteiger partial charge in [-0.05, 0) is 116 Å². The van der Waals surface area contributed by atoms with E-state index in [1.165, 1.54) is 15.6 Å². The molecule has 0 bridgehead atoms. The van der Waals surface area contributed by atoms with Gasteiger partial charge >= 0.3 is 18.3 Å². The van der Waals surface area contributed by atoms with Crippen molar-refractivity contribution >= 4 is 64.0 Å². The van der Waals surface area contributed by atoms with E-state index in [1.54, 1.807) is 35.8 Å². The minimum absolute atomic E-state index is 0.132. The van der Waals surface area contributed by atoms with Crippen molar-refractivity contribution in [1.82, 2.24) is 44.4 Å². The number of fused-ring (bicyclic) bond motifs is 2. The Morgan fingerprint density at radius 1 is 0.615 bits per heavy atom. The number of nitrogens with one attached hydrogen (secondary N) is 2. The van der Waals surface area contributed by atoms with Gasteiger partial charge in [0.1, 0.15) is 34.0 Å². The normalized spacial score (nSPS) is 12.6. The maximum atomic E-state index is 12.6. The van der Waals surface area contributed by atoms with Crippen LogP contribution in [-0.2, 0) is 27.3 Å². The predicted molar refractivity (Wildman–Crippen MR) is 244 cm³/mol. The van der Waals surface area contributed by atoms with Crippen molar-refractivity contribution in [3.05, 3.63) is 108 Å². The summed E-state index contributed by atoms with van der Waals surface area (Å²) in [4.78, 5) is 55.9. The highest BCUT2D eigenvalue weighted by molar-refractivity contribution is 6.28. The molecule has 0 saturated heterocycles. The minimum Gasteiger partial charge on any atom is -0.459 e. The second-order valence-corrected chi connectivity index (χ2v) is 18.4. The van der Waals surface area contributed by atoms with E-state index >= 15 is 0 Å². The van der Waals surface area contributed by atoms with E-state index in [-0.39, 0.29) is 11.4 Å². The zero-order valence-corrected chi connectivity index (χ0v) is 38.5. The van der Waals surface area contributed by atoms with Crippen LogP contribution in [0.2, 0.25) is 5.28 Å². The lowest BCUT2D eigenvalue weighted by molar-refractivity contribution is 0.0240. The number of aromatic nitrogens is 8. The highest BCUT2D eigenvalue weighted by Gasteiger charge is 2.31. The summed E-state index contributed by atoms with van der Waals surface area (Å²) >= 11 is 5.97. The van der Waals surface area contributed by atoms with Crippen LogP contribution in [0.5, 0.6) is 0 Å². The largest absolute Gasteiger partial charge is 0.459 e. The summed E-state index contributed by atoms with van der Waals surface area (Å²) in [6.07, 6.45) is 6.62. The van der Waals surface area contributed by atoms with Crippen LogP contribution in [0, 0.1) is 6.92 Å². The maximum absolute atomic E-state index is 12.6. The third kappa shape index (κ3) is 11.8. The van der Waals surface area contributed by atoms with Crippen molar-refractivity contribution in [1.29, 1.82) is 0 Å². The predicted octanol–water partition coefficient (Wildman–Crippen LogP) is 10.7. The Bertz CT molecular complexity index is 2850. The number of hydrogen-bond acceptors (Lipinski definition) is 15. The fraction of sp³-hybridized carbons (Fsp3) is 0.326. The van der Waals surface area contributed by atoms with Gasteiger partial charge in [0.2, 0.25) is 5.28 Å². The van der Waals surface area contributed by atoms with Gasteiger partial charge in [-0.2, -0.15) is 24.5 Å². The standard InChI is InChI=1S/C26H32N6O4.C20H18ClN5O3/c1-16-28-21-15-31(23(33)35-25(2,3)4)14-20(21)22(29-16)30-19-10-8-17(9-11-19)18-12-27-32(13-18)24(34)36-26(5,6)7;1-20(2,3)29-19(27)26-11-13(10-22-26)12-4-6-14(7-5-12)23-17-16-15(8-9-28-16)24-18(21)25-17/h8-13H,14-15H2,1-7H3,(H,28,29,30);4-11H,1-3H3,(H,23,24,25).